The first-order valence-electron chi connectivity index (χ1n) is 16.0. The highest BCUT2D eigenvalue weighted by Gasteiger charge is 2.13. The number of aryl methyl sites for hydroxylation is 1. The third-order valence-corrected chi connectivity index (χ3v) is 8.90. The van der Waals surface area contributed by atoms with Gasteiger partial charge in [-0.1, -0.05) is 154 Å². The van der Waals surface area contributed by atoms with Crippen LogP contribution in [-0.2, 0) is 16.5 Å². The van der Waals surface area contributed by atoms with Crippen LogP contribution < -0.4 is 4.18 Å². The molecule has 2 aromatic carbocycles. The van der Waals surface area contributed by atoms with Gasteiger partial charge in [-0.15, -0.1) is 0 Å². The van der Waals surface area contributed by atoms with Crippen LogP contribution in [0.4, 0.5) is 0 Å². The second kappa shape index (κ2) is 20.4. The molecule has 0 bridgehead atoms. The number of fused-ring (bicyclic) bond motifs is 1. The van der Waals surface area contributed by atoms with E-state index in [-0.39, 0.29) is 5.75 Å². The lowest BCUT2D eigenvalue weighted by molar-refractivity contribution is 0.481. The molecule has 0 spiro atoms. The second-order valence-electron chi connectivity index (χ2n) is 11.3. The summed E-state index contributed by atoms with van der Waals surface area (Å²) < 4.78 is 30.5. The van der Waals surface area contributed by atoms with Gasteiger partial charge in [0, 0.05) is 0 Å². The van der Waals surface area contributed by atoms with Crippen LogP contribution in [0.5, 0.6) is 5.75 Å². The van der Waals surface area contributed by atoms with E-state index in [1.165, 1.54) is 115 Å². The number of benzene rings is 2. The predicted molar refractivity (Wildman–Crippen MR) is 166 cm³/mol. The maximum atomic E-state index is 12.5. The van der Waals surface area contributed by atoms with Crippen molar-refractivity contribution in [2.24, 2.45) is 0 Å². The lowest BCUT2D eigenvalue weighted by Gasteiger charge is -2.09. The van der Waals surface area contributed by atoms with Crippen LogP contribution in [0.1, 0.15) is 148 Å². The van der Waals surface area contributed by atoms with Crippen molar-refractivity contribution >= 4 is 20.9 Å². The van der Waals surface area contributed by atoms with Crippen molar-refractivity contribution in [1.82, 2.24) is 0 Å². The Bertz CT molecular complexity index is 967. The maximum Gasteiger partial charge on any atom is 0.309 e. The highest BCUT2D eigenvalue weighted by atomic mass is 32.2. The molecular formula is C34H56O3S. The third-order valence-electron chi connectivity index (χ3n) is 7.67. The van der Waals surface area contributed by atoms with Crippen molar-refractivity contribution in [3.05, 3.63) is 42.0 Å². The molecular weight excluding hydrogens is 488 g/mol. The zero-order valence-corrected chi connectivity index (χ0v) is 25.5. The molecule has 0 fully saturated rings. The summed E-state index contributed by atoms with van der Waals surface area (Å²) in [4.78, 5) is 0. The van der Waals surface area contributed by atoms with E-state index < -0.39 is 10.1 Å². The van der Waals surface area contributed by atoms with Gasteiger partial charge >= 0.3 is 10.1 Å². The number of rotatable bonds is 24. The van der Waals surface area contributed by atoms with Crippen LogP contribution in [0.15, 0.2) is 36.4 Å². The quantitative estimate of drug-likeness (QED) is 0.0975. The SMILES string of the molecule is CCCCCCCCCCCCc1ccc2ccc(OS(=O)(=O)CCCCCCCCCCCC)cc2c1. The zero-order chi connectivity index (χ0) is 27.3. The first-order chi connectivity index (χ1) is 18.5. The van der Waals surface area contributed by atoms with Gasteiger partial charge in [0.1, 0.15) is 5.75 Å². The summed E-state index contributed by atoms with van der Waals surface area (Å²) in [5.74, 6) is 0.529. The average molecular weight is 545 g/mol. The van der Waals surface area contributed by atoms with Gasteiger partial charge in [-0.3, -0.25) is 0 Å². The molecule has 2 rings (SSSR count). The molecule has 0 aromatic heterocycles. The van der Waals surface area contributed by atoms with Crippen LogP contribution in [0.2, 0.25) is 0 Å². The van der Waals surface area contributed by atoms with E-state index in [0.29, 0.717) is 12.2 Å². The summed E-state index contributed by atoms with van der Waals surface area (Å²) in [5, 5.41) is 2.18. The van der Waals surface area contributed by atoms with E-state index >= 15 is 0 Å². The molecule has 4 heteroatoms. The van der Waals surface area contributed by atoms with Gasteiger partial charge in [-0.05, 0) is 47.7 Å². The molecule has 0 saturated carbocycles. The van der Waals surface area contributed by atoms with Gasteiger partial charge in [0.05, 0.1) is 5.75 Å². The van der Waals surface area contributed by atoms with Crippen molar-refractivity contribution in [1.29, 1.82) is 0 Å². The lowest BCUT2D eigenvalue weighted by Crippen LogP contribution is -2.13. The third kappa shape index (κ3) is 15.1. The first-order valence-corrected chi connectivity index (χ1v) is 17.6. The van der Waals surface area contributed by atoms with E-state index in [1.54, 1.807) is 6.07 Å². The molecule has 0 aliphatic carbocycles. The standard InChI is InChI=1S/C34H56O3S/c1-3-5-7-9-11-13-15-17-19-21-23-31-24-25-32-26-27-34(30-33(32)29-31)37-38(35,36)28-22-20-18-16-14-12-10-8-6-4-2/h24-27,29-30H,3-23,28H2,1-2H3. The normalized spacial score (nSPS) is 11.8. The Kier molecular flexibility index (Phi) is 17.5. The fraction of sp³-hybridized carbons (Fsp3) is 0.706. The largest absolute Gasteiger partial charge is 0.382 e. The molecule has 0 aliphatic heterocycles. The van der Waals surface area contributed by atoms with Crippen molar-refractivity contribution in [2.45, 2.75) is 149 Å². The molecule has 2 aromatic rings. The Labute approximate surface area is 235 Å². The van der Waals surface area contributed by atoms with Gasteiger partial charge in [0.15, 0.2) is 0 Å². The molecule has 0 N–H and O–H groups in total. The molecule has 0 aliphatic rings. The minimum absolute atomic E-state index is 0.0975. The Balaban J connectivity index is 1.66. The molecule has 0 amide bonds. The lowest BCUT2D eigenvalue weighted by atomic mass is 10.0. The summed E-state index contributed by atoms with van der Waals surface area (Å²) in [6.07, 6.45) is 26.4. The smallest absolute Gasteiger partial charge is 0.309 e. The van der Waals surface area contributed by atoms with Gasteiger partial charge in [-0.2, -0.15) is 8.42 Å². The van der Waals surface area contributed by atoms with Crippen LogP contribution in [-0.4, -0.2) is 14.2 Å². The first kappa shape index (κ1) is 32.7. The number of hydrogen-bond donors (Lipinski definition) is 0. The van der Waals surface area contributed by atoms with E-state index in [1.807, 2.05) is 12.1 Å². The van der Waals surface area contributed by atoms with Crippen molar-refractivity contribution in [3.8, 4) is 5.75 Å². The summed E-state index contributed by atoms with van der Waals surface area (Å²) in [5.41, 5.74) is 1.32. The fourth-order valence-electron chi connectivity index (χ4n) is 5.25. The van der Waals surface area contributed by atoms with E-state index in [0.717, 1.165) is 30.0 Å². The highest BCUT2D eigenvalue weighted by molar-refractivity contribution is 7.87. The summed E-state index contributed by atoms with van der Waals surface area (Å²) in [7, 11) is -3.55. The minimum atomic E-state index is -3.55. The van der Waals surface area contributed by atoms with Gasteiger partial charge in [0.25, 0.3) is 0 Å². The average Bonchev–Trinajstić information content (AvgIpc) is 2.90. The minimum Gasteiger partial charge on any atom is -0.382 e. The molecule has 216 valence electrons. The predicted octanol–water partition coefficient (Wildman–Crippen LogP) is 10.9. The Morgan fingerprint density at radius 2 is 1.00 bits per heavy atom. The molecule has 0 saturated heterocycles. The monoisotopic (exact) mass is 544 g/mol. The van der Waals surface area contributed by atoms with E-state index in [2.05, 4.69) is 32.0 Å². The second-order valence-corrected chi connectivity index (χ2v) is 13.0. The Morgan fingerprint density at radius 3 is 1.55 bits per heavy atom. The van der Waals surface area contributed by atoms with Gasteiger partial charge in [-0.25, -0.2) is 0 Å². The van der Waals surface area contributed by atoms with E-state index in [4.69, 9.17) is 4.18 Å². The Morgan fingerprint density at radius 1 is 0.526 bits per heavy atom. The number of hydrogen-bond acceptors (Lipinski definition) is 3. The van der Waals surface area contributed by atoms with Crippen LogP contribution in [0.3, 0.4) is 0 Å². The molecule has 38 heavy (non-hydrogen) atoms. The molecule has 0 heterocycles. The molecule has 3 nitrogen and oxygen atoms in total. The Hall–Kier alpha value is -1.55. The molecule has 0 atom stereocenters. The summed E-state index contributed by atoms with van der Waals surface area (Å²) in [6.45, 7) is 4.52. The van der Waals surface area contributed by atoms with Gasteiger partial charge in [0.2, 0.25) is 0 Å². The van der Waals surface area contributed by atoms with Crippen LogP contribution in [0, 0.1) is 0 Å². The maximum absolute atomic E-state index is 12.5. The zero-order valence-electron chi connectivity index (χ0n) is 24.7. The van der Waals surface area contributed by atoms with Crippen LogP contribution >= 0.6 is 0 Å². The van der Waals surface area contributed by atoms with Gasteiger partial charge < -0.3 is 4.18 Å². The molecule has 0 radical (unpaired) electrons. The topological polar surface area (TPSA) is 43.4 Å². The fourth-order valence-corrected chi connectivity index (χ4v) is 6.29. The highest BCUT2D eigenvalue weighted by Crippen LogP contribution is 2.24. The van der Waals surface area contributed by atoms with Crippen molar-refractivity contribution < 1.29 is 12.6 Å². The van der Waals surface area contributed by atoms with Crippen molar-refractivity contribution in [3.63, 3.8) is 0 Å². The number of unbranched alkanes of at least 4 members (excludes halogenated alkanes) is 18. The van der Waals surface area contributed by atoms with Crippen LogP contribution in [0.25, 0.3) is 10.8 Å². The van der Waals surface area contributed by atoms with E-state index in [9.17, 15) is 8.42 Å². The van der Waals surface area contributed by atoms with Crippen molar-refractivity contribution in [2.75, 3.05) is 5.75 Å². The molecule has 0 unspecified atom stereocenters. The summed E-state index contributed by atoms with van der Waals surface area (Å²) >= 11 is 0. The summed E-state index contributed by atoms with van der Waals surface area (Å²) in [6, 6.07) is 12.2.